The number of aromatic nitrogens is 1. The number of rotatable bonds is 7. The number of benzene rings is 2. The lowest BCUT2D eigenvalue weighted by Crippen LogP contribution is -2.68. The van der Waals surface area contributed by atoms with Gasteiger partial charge in [-0.05, 0) is 74.1 Å². The first-order chi connectivity index (χ1) is 16.4. The predicted octanol–water partition coefficient (Wildman–Crippen LogP) is 6.55. The molecule has 4 fully saturated rings. The lowest BCUT2D eigenvalue weighted by atomic mass is 9.30. The van der Waals surface area contributed by atoms with Gasteiger partial charge in [-0.2, -0.15) is 0 Å². The van der Waals surface area contributed by atoms with Gasteiger partial charge in [0.25, 0.3) is 0 Å². The number of hydrogen-bond donors (Lipinski definition) is 0. The van der Waals surface area contributed by atoms with Gasteiger partial charge in [-0.3, -0.25) is 9.59 Å². The van der Waals surface area contributed by atoms with Crippen molar-refractivity contribution in [2.75, 3.05) is 0 Å². The van der Waals surface area contributed by atoms with Crippen molar-refractivity contribution in [2.24, 2.45) is 16.2 Å². The van der Waals surface area contributed by atoms with Gasteiger partial charge in [0.05, 0.1) is 13.4 Å². The molecule has 2 aromatic heterocycles. The SMILES string of the molecule is [2H]C(c1cc2ccccc2o1)n1ccc2cccc(C(=O)CC3(C45CC(C(C)=O)(C4)C5)CC3)c21. The number of fused-ring (bicyclic) bond motifs is 2. The molecule has 0 radical (unpaired) electrons. The highest BCUT2D eigenvalue weighted by Crippen LogP contribution is 2.85. The molecule has 33 heavy (non-hydrogen) atoms. The summed E-state index contributed by atoms with van der Waals surface area (Å²) < 4.78 is 16.8. The van der Waals surface area contributed by atoms with Gasteiger partial charge in [0.15, 0.2) is 5.78 Å². The molecule has 2 aromatic carbocycles. The first kappa shape index (κ1) is 18.3. The van der Waals surface area contributed by atoms with Gasteiger partial charge in [-0.25, -0.2) is 0 Å². The van der Waals surface area contributed by atoms with Crippen LogP contribution in [-0.4, -0.2) is 16.1 Å². The second-order valence-corrected chi connectivity index (χ2v) is 10.8. The maximum absolute atomic E-state index is 13.7. The van der Waals surface area contributed by atoms with E-state index < -0.39 is 6.52 Å². The molecule has 4 aliphatic rings. The number of nitrogens with zero attached hydrogens (tertiary/aromatic N) is 1. The smallest absolute Gasteiger partial charge is 0.165 e. The van der Waals surface area contributed by atoms with Crippen molar-refractivity contribution in [3.63, 3.8) is 0 Å². The van der Waals surface area contributed by atoms with Crippen LogP contribution in [0, 0.1) is 16.2 Å². The molecule has 4 aliphatic carbocycles. The van der Waals surface area contributed by atoms with Gasteiger partial charge >= 0.3 is 0 Å². The Morgan fingerprint density at radius 3 is 2.52 bits per heavy atom. The van der Waals surface area contributed by atoms with Crippen molar-refractivity contribution in [2.45, 2.75) is 52.0 Å². The fourth-order valence-electron chi connectivity index (χ4n) is 6.93. The minimum absolute atomic E-state index is 0.0694. The highest BCUT2D eigenvalue weighted by Gasteiger charge is 2.79. The molecule has 0 saturated heterocycles. The zero-order chi connectivity index (χ0) is 23.3. The molecular weight excluding hydrogens is 410 g/mol. The highest BCUT2D eigenvalue weighted by molar-refractivity contribution is 6.07. The summed E-state index contributed by atoms with van der Waals surface area (Å²) in [5, 5.41) is 1.94. The Labute approximate surface area is 194 Å². The van der Waals surface area contributed by atoms with Gasteiger partial charge in [0, 0.05) is 34.4 Å². The van der Waals surface area contributed by atoms with Crippen LogP contribution in [0.5, 0.6) is 0 Å². The molecule has 0 spiro atoms. The number of para-hydroxylation sites is 2. The first-order valence-electron chi connectivity index (χ1n) is 12.5. The van der Waals surface area contributed by atoms with E-state index in [1.165, 1.54) is 0 Å². The minimum Gasteiger partial charge on any atom is -0.459 e. The van der Waals surface area contributed by atoms with Crippen LogP contribution in [-0.2, 0) is 11.3 Å². The average molecular weight is 439 g/mol. The number of carbonyl (C=O) groups is 2. The van der Waals surface area contributed by atoms with Gasteiger partial charge in [0.2, 0.25) is 0 Å². The van der Waals surface area contributed by atoms with Gasteiger partial charge < -0.3 is 8.98 Å². The fourth-order valence-corrected chi connectivity index (χ4v) is 6.93. The average Bonchev–Trinajstić information content (AvgIpc) is 3.21. The third kappa shape index (κ3) is 2.58. The summed E-state index contributed by atoms with van der Waals surface area (Å²) in [5.41, 5.74) is 2.46. The van der Waals surface area contributed by atoms with Crippen molar-refractivity contribution < 1.29 is 15.4 Å². The Bertz CT molecular complexity index is 1450. The van der Waals surface area contributed by atoms with Crippen LogP contribution < -0.4 is 0 Å². The largest absolute Gasteiger partial charge is 0.459 e. The monoisotopic (exact) mass is 438 g/mol. The molecule has 8 rings (SSSR count). The van der Waals surface area contributed by atoms with E-state index in [4.69, 9.17) is 5.79 Å². The molecule has 4 aromatic rings. The Balaban J connectivity index is 1.21. The van der Waals surface area contributed by atoms with Crippen molar-refractivity contribution in [1.29, 1.82) is 0 Å². The van der Waals surface area contributed by atoms with E-state index in [0.717, 1.165) is 54.0 Å². The maximum Gasteiger partial charge on any atom is 0.165 e. The van der Waals surface area contributed by atoms with E-state index in [9.17, 15) is 9.59 Å². The zero-order valence-corrected chi connectivity index (χ0v) is 18.8. The van der Waals surface area contributed by atoms with Crippen molar-refractivity contribution in [1.82, 2.24) is 4.57 Å². The summed E-state index contributed by atoms with van der Waals surface area (Å²) >= 11 is 0. The number of furan rings is 1. The normalized spacial score (nSPS) is 28.1. The lowest BCUT2D eigenvalue weighted by Gasteiger charge is -2.73. The Hall–Kier alpha value is -3.14. The zero-order valence-electron chi connectivity index (χ0n) is 19.8. The lowest BCUT2D eigenvalue weighted by molar-refractivity contribution is -0.233. The Morgan fingerprint density at radius 1 is 1.03 bits per heavy atom. The van der Waals surface area contributed by atoms with E-state index in [2.05, 4.69) is 0 Å². The molecule has 4 heteroatoms. The van der Waals surface area contributed by atoms with E-state index in [-0.39, 0.29) is 22.0 Å². The van der Waals surface area contributed by atoms with Gasteiger partial charge in [-0.15, -0.1) is 0 Å². The van der Waals surface area contributed by atoms with Crippen LogP contribution in [0.2, 0.25) is 0 Å². The van der Waals surface area contributed by atoms with Crippen LogP contribution in [0.15, 0.2) is 65.2 Å². The van der Waals surface area contributed by atoms with Crippen molar-refractivity contribution in [3.8, 4) is 0 Å². The Morgan fingerprint density at radius 2 is 1.79 bits per heavy atom. The van der Waals surface area contributed by atoms with Crippen molar-refractivity contribution in [3.05, 3.63) is 72.1 Å². The summed E-state index contributed by atoms with van der Waals surface area (Å²) in [6.07, 6.45) is 7.53. The van der Waals surface area contributed by atoms with Gasteiger partial charge in [-0.1, -0.05) is 30.3 Å². The van der Waals surface area contributed by atoms with Crippen molar-refractivity contribution >= 4 is 33.4 Å². The molecule has 4 saturated carbocycles. The molecule has 2 heterocycles. The van der Waals surface area contributed by atoms with Crippen LogP contribution in [0.4, 0.5) is 0 Å². The molecule has 0 N–H and O–H groups in total. The number of hydrogen-bond acceptors (Lipinski definition) is 3. The van der Waals surface area contributed by atoms with E-state index in [1.54, 1.807) is 6.92 Å². The summed E-state index contributed by atoms with van der Waals surface area (Å²) in [5.74, 6) is 1.04. The molecule has 4 nitrogen and oxygen atoms in total. The molecule has 1 unspecified atom stereocenters. The molecule has 1 atom stereocenters. The Kier molecular flexibility index (Phi) is 3.47. The summed E-state index contributed by atoms with van der Waals surface area (Å²) in [6.45, 7) is 0.948. The minimum atomic E-state index is -0.776. The van der Waals surface area contributed by atoms with E-state index >= 15 is 0 Å². The molecule has 2 bridgehead atoms. The predicted molar refractivity (Wildman–Crippen MR) is 127 cm³/mol. The fraction of sp³-hybridized carbons (Fsp3) is 0.379. The maximum atomic E-state index is 13.7. The van der Waals surface area contributed by atoms with Crippen LogP contribution in [0.3, 0.4) is 0 Å². The summed E-state index contributed by atoms with van der Waals surface area (Å²) in [7, 11) is 0. The third-order valence-electron chi connectivity index (χ3n) is 9.01. The van der Waals surface area contributed by atoms with E-state index in [0.29, 0.717) is 23.5 Å². The van der Waals surface area contributed by atoms with Crippen LogP contribution >= 0.6 is 0 Å². The second kappa shape index (κ2) is 6.25. The first-order valence-corrected chi connectivity index (χ1v) is 11.9. The van der Waals surface area contributed by atoms with Crippen LogP contribution in [0.1, 0.15) is 62.9 Å². The molecule has 0 aliphatic heterocycles. The standard InChI is InChI=1S/C29H27NO3/c1-19(31)27-16-29(17-27,18-27)28(10-11-28)14-24(32)23-7-4-6-20-9-12-30(26(20)23)15-22-13-21-5-2-3-8-25(21)33-22/h2-9,12-13H,10-11,14-18H2,1H3/i15D. The topological polar surface area (TPSA) is 52.2 Å². The van der Waals surface area contributed by atoms with Crippen LogP contribution in [0.25, 0.3) is 21.9 Å². The third-order valence-corrected chi connectivity index (χ3v) is 9.01. The molecule has 166 valence electrons. The van der Waals surface area contributed by atoms with E-state index in [1.807, 2.05) is 65.4 Å². The number of ketones is 2. The summed E-state index contributed by atoms with van der Waals surface area (Å²) in [4.78, 5) is 25.7. The second-order valence-electron chi connectivity index (χ2n) is 10.8. The molecule has 0 amide bonds. The summed E-state index contributed by atoms with van der Waals surface area (Å²) in [6, 6.07) is 17.5. The molecular formula is C29H27NO3. The number of carbonyl (C=O) groups excluding carboxylic acids is 2. The highest BCUT2D eigenvalue weighted by atomic mass is 16.3. The quantitative estimate of drug-likeness (QED) is 0.308. The van der Waals surface area contributed by atoms with Gasteiger partial charge in [0.1, 0.15) is 17.1 Å². The number of Topliss-reactive ketones (excluding diaryl/α,β-unsaturated/α-hetero) is 2.